The number of carbonyl (C=O) groups excluding carboxylic acids is 2. The number of carbonyl (C=O) groups is 2. The van der Waals surface area contributed by atoms with E-state index in [1.165, 1.54) is 12.3 Å². The van der Waals surface area contributed by atoms with Gasteiger partial charge in [0.25, 0.3) is 5.91 Å². The van der Waals surface area contributed by atoms with Gasteiger partial charge in [0.2, 0.25) is 5.91 Å². The van der Waals surface area contributed by atoms with Crippen molar-refractivity contribution in [3.63, 3.8) is 0 Å². The van der Waals surface area contributed by atoms with E-state index in [-0.39, 0.29) is 17.9 Å². The van der Waals surface area contributed by atoms with Gasteiger partial charge < -0.3 is 25.0 Å². The molecule has 0 radical (unpaired) electrons. The topological polar surface area (TPSA) is 158 Å². The Balaban J connectivity index is 1.27. The standard InChI is InChI=1S/C28H28N8O4/c1-39-14-10-24(37)36-13-2-3-20(17-36)32-27-25-22(9-12-31-26(25)34-35-27)40-21-6-4-19(5-7-21)28(38)33-23-15-18(16-29)8-11-30-23/h4-9,11-12,15,20H,2-3,10,13-14,17H2,1H3,(H,30,33,38)(H2,31,32,34,35)/t20-/m1/s1. The molecule has 4 aromatic rings. The van der Waals surface area contributed by atoms with Crippen LogP contribution in [0, 0.1) is 11.3 Å². The molecule has 0 spiro atoms. The van der Waals surface area contributed by atoms with E-state index in [1.54, 1.807) is 49.7 Å². The Labute approximate surface area is 230 Å². The number of aromatic amines is 1. The lowest BCUT2D eigenvalue weighted by Gasteiger charge is -2.33. The number of H-pyrrole nitrogens is 1. The number of fused-ring (bicyclic) bond motifs is 1. The Morgan fingerprint density at radius 1 is 1.18 bits per heavy atom. The number of rotatable bonds is 9. The highest BCUT2D eigenvalue weighted by Gasteiger charge is 2.25. The molecule has 4 heterocycles. The van der Waals surface area contributed by atoms with E-state index < -0.39 is 0 Å². The molecule has 204 valence electrons. The molecule has 0 unspecified atom stereocenters. The van der Waals surface area contributed by atoms with Gasteiger partial charge in [-0.15, -0.1) is 0 Å². The van der Waals surface area contributed by atoms with Crippen molar-refractivity contribution in [1.82, 2.24) is 25.1 Å². The van der Waals surface area contributed by atoms with Crippen molar-refractivity contribution in [2.45, 2.75) is 25.3 Å². The molecule has 1 fully saturated rings. The van der Waals surface area contributed by atoms with E-state index >= 15 is 0 Å². The molecule has 0 saturated carbocycles. The Hall–Kier alpha value is -5.02. The molecule has 1 aromatic carbocycles. The maximum Gasteiger partial charge on any atom is 0.256 e. The Kier molecular flexibility index (Phi) is 8.13. The second-order valence-corrected chi connectivity index (χ2v) is 9.29. The lowest BCUT2D eigenvalue weighted by molar-refractivity contribution is -0.133. The largest absolute Gasteiger partial charge is 0.456 e. The number of ether oxygens (including phenoxy) is 2. The smallest absolute Gasteiger partial charge is 0.256 e. The first kappa shape index (κ1) is 26.6. The third kappa shape index (κ3) is 6.16. The van der Waals surface area contributed by atoms with Crippen molar-refractivity contribution in [3.05, 3.63) is 66.0 Å². The molecule has 3 aromatic heterocycles. The normalized spacial score (nSPS) is 14.9. The van der Waals surface area contributed by atoms with Crippen molar-refractivity contribution in [2.24, 2.45) is 0 Å². The van der Waals surface area contributed by atoms with Crippen LogP contribution in [0.25, 0.3) is 11.0 Å². The number of pyridine rings is 2. The van der Waals surface area contributed by atoms with E-state index in [4.69, 9.17) is 14.7 Å². The summed E-state index contributed by atoms with van der Waals surface area (Å²) in [4.78, 5) is 35.4. The maximum absolute atomic E-state index is 12.6. The van der Waals surface area contributed by atoms with Gasteiger partial charge in [0.1, 0.15) is 22.7 Å². The molecular weight excluding hydrogens is 512 g/mol. The van der Waals surface area contributed by atoms with Gasteiger partial charge in [0, 0.05) is 50.3 Å². The number of benzene rings is 1. The number of hydrogen-bond acceptors (Lipinski definition) is 9. The Bertz CT molecular complexity index is 1550. The van der Waals surface area contributed by atoms with E-state index in [1.807, 2.05) is 11.0 Å². The first-order valence-corrected chi connectivity index (χ1v) is 12.9. The lowest BCUT2D eigenvalue weighted by Crippen LogP contribution is -2.45. The minimum atomic E-state index is -0.357. The molecule has 5 rings (SSSR count). The molecule has 1 saturated heterocycles. The van der Waals surface area contributed by atoms with Gasteiger partial charge in [0.05, 0.1) is 24.7 Å². The molecule has 12 nitrogen and oxygen atoms in total. The number of likely N-dealkylation sites (tertiary alicyclic amines) is 1. The average molecular weight is 541 g/mol. The van der Waals surface area contributed by atoms with Gasteiger partial charge >= 0.3 is 0 Å². The fourth-order valence-corrected chi connectivity index (χ4v) is 4.53. The number of anilines is 2. The van der Waals surface area contributed by atoms with Gasteiger partial charge in [-0.25, -0.2) is 9.97 Å². The maximum atomic E-state index is 12.6. The second kappa shape index (κ2) is 12.2. The summed E-state index contributed by atoms with van der Waals surface area (Å²) in [7, 11) is 1.59. The molecule has 0 bridgehead atoms. The molecule has 3 N–H and O–H groups in total. The number of aromatic nitrogens is 4. The van der Waals surface area contributed by atoms with Crippen molar-refractivity contribution >= 4 is 34.5 Å². The average Bonchev–Trinajstić information content (AvgIpc) is 3.40. The summed E-state index contributed by atoms with van der Waals surface area (Å²) >= 11 is 0. The van der Waals surface area contributed by atoms with E-state index in [9.17, 15) is 9.59 Å². The minimum Gasteiger partial charge on any atom is -0.456 e. The summed E-state index contributed by atoms with van der Waals surface area (Å²) in [5, 5.41) is 23.2. The van der Waals surface area contributed by atoms with Crippen LogP contribution < -0.4 is 15.4 Å². The molecule has 1 atom stereocenters. The van der Waals surface area contributed by atoms with Crippen molar-refractivity contribution < 1.29 is 19.1 Å². The van der Waals surface area contributed by atoms with Gasteiger partial charge in [-0.1, -0.05) is 0 Å². The Morgan fingerprint density at radius 2 is 2.00 bits per heavy atom. The number of amides is 2. The lowest BCUT2D eigenvalue weighted by atomic mass is 10.1. The molecular formula is C28H28N8O4. The van der Waals surface area contributed by atoms with Crippen LogP contribution in [0.4, 0.5) is 11.6 Å². The summed E-state index contributed by atoms with van der Waals surface area (Å²) < 4.78 is 11.2. The highest BCUT2D eigenvalue weighted by Crippen LogP contribution is 2.33. The van der Waals surface area contributed by atoms with E-state index in [2.05, 4.69) is 30.8 Å². The first-order chi connectivity index (χ1) is 19.5. The monoisotopic (exact) mass is 540 g/mol. The van der Waals surface area contributed by atoms with Crippen LogP contribution in [0.2, 0.25) is 0 Å². The zero-order chi connectivity index (χ0) is 27.9. The highest BCUT2D eigenvalue weighted by molar-refractivity contribution is 6.03. The minimum absolute atomic E-state index is 0.0286. The quantitative estimate of drug-likeness (QED) is 0.288. The van der Waals surface area contributed by atoms with E-state index in [0.29, 0.717) is 64.9 Å². The van der Waals surface area contributed by atoms with Crippen molar-refractivity contribution in [2.75, 3.05) is 37.4 Å². The SMILES string of the molecule is COCCC(=O)N1CCC[C@@H](Nc2n[nH]c3nccc(Oc4ccc(C(=O)Nc5cc(C#N)ccn5)cc4)c23)C1. The van der Waals surface area contributed by atoms with Crippen LogP contribution in [-0.4, -0.2) is 69.7 Å². The second-order valence-electron chi connectivity index (χ2n) is 9.29. The summed E-state index contributed by atoms with van der Waals surface area (Å²) in [6, 6.07) is 13.5. The Morgan fingerprint density at radius 3 is 2.80 bits per heavy atom. The predicted molar refractivity (Wildman–Crippen MR) is 147 cm³/mol. The third-order valence-electron chi connectivity index (χ3n) is 6.53. The van der Waals surface area contributed by atoms with Crippen LogP contribution in [0.3, 0.4) is 0 Å². The highest BCUT2D eigenvalue weighted by atomic mass is 16.5. The van der Waals surface area contributed by atoms with Gasteiger partial charge in [0.15, 0.2) is 11.5 Å². The predicted octanol–water partition coefficient (Wildman–Crippen LogP) is 3.71. The summed E-state index contributed by atoms with van der Waals surface area (Å²) in [6.07, 6.45) is 5.24. The zero-order valence-electron chi connectivity index (χ0n) is 21.9. The summed E-state index contributed by atoms with van der Waals surface area (Å²) in [6.45, 7) is 1.71. The van der Waals surface area contributed by atoms with Crippen molar-refractivity contribution in [1.29, 1.82) is 5.26 Å². The van der Waals surface area contributed by atoms with Crippen LogP contribution >= 0.6 is 0 Å². The van der Waals surface area contributed by atoms with Gasteiger partial charge in [-0.05, 0) is 49.2 Å². The number of methoxy groups -OCH3 is 1. The molecule has 0 aliphatic carbocycles. The van der Waals surface area contributed by atoms with Crippen LogP contribution in [0.15, 0.2) is 54.9 Å². The molecule has 12 heteroatoms. The van der Waals surface area contributed by atoms with Gasteiger partial charge in [-0.3, -0.25) is 14.7 Å². The fourth-order valence-electron chi connectivity index (χ4n) is 4.53. The number of nitriles is 1. The molecule has 1 aliphatic rings. The molecule has 40 heavy (non-hydrogen) atoms. The van der Waals surface area contributed by atoms with Crippen LogP contribution in [0.5, 0.6) is 11.5 Å². The number of nitrogens with one attached hydrogen (secondary N) is 3. The third-order valence-corrected chi connectivity index (χ3v) is 6.53. The first-order valence-electron chi connectivity index (χ1n) is 12.9. The number of hydrogen-bond donors (Lipinski definition) is 3. The zero-order valence-corrected chi connectivity index (χ0v) is 21.9. The number of piperidine rings is 1. The van der Waals surface area contributed by atoms with Crippen LogP contribution in [0.1, 0.15) is 35.2 Å². The summed E-state index contributed by atoms with van der Waals surface area (Å²) in [5.41, 5.74) is 1.37. The summed E-state index contributed by atoms with van der Waals surface area (Å²) in [5.74, 6) is 1.67. The van der Waals surface area contributed by atoms with Gasteiger partial charge in [-0.2, -0.15) is 10.4 Å². The molecule has 2 amide bonds. The number of nitrogens with zero attached hydrogens (tertiary/aromatic N) is 5. The fraction of sp³-hybridized carbons (Fsp3) is 0.286. The van der Waals surface area contributed by atoms with Crippen LogP contribution in [-0.2, 0) is 9.53 Å². The molecule has 1 aliphatic heterocycles. The van der Waals surface area contributed by atoms with E-state index in [0.717, 1.165) is 19.4 Å². The van der Waals surface area contributed by atoms with Crippen molar-refractivity contribution in [3.8, 4) is 17.6 Å².